The molecule has 0 bridgehead atoms. The molecular weight excluding hydrogens is 330 g/mol. The highest BCUT2D eigenvalue weighted by molar-refractivity contribution is 5.81. The van der Waals surface area contributed by atoms with Gasteiger partial charge in [-0.05, 0) is 18.8 Å². The van der Waals surface area contributed by atoms with Gasteiger partial charge in [-0.3, -0.25) is 19.8 Å². The lowest BCUT2D eigenvalue weighted by Gasteiger charge is -2.20. The van der Waals surface area contributed by atoms with Crippen LogP contribution in [0.4, 0.5) is 0 Å². The van der Waals surface area contributed by atoms with Crippen molar-refractivity contribution in [3.63, 3.8) is 0 Å². The number of carboxylic acids is 1. The molecule has 146 valence electrons. The van der Waals surface area contributed by atoms with Crippen LogP contribution in [0.1, 0.15) is 33.1 Å². The Morgan fingerprint density at radius 1 is 1.16 bits per heavy atom. The summed E-state index contributed by atoms with van der Waals surface area (Å²) in [7, 11) is 1.42. The molecule has 3 atom stereocenters. The standard InChI is InChI=1S/C15H31N5O5/c1-9(2)4-12(17)15(25)18-7-11(21)5-10(16)6-13(22)19-20(3)8-14(23)24/h9-12,21H,4-8,16-17H2,1-3H3,(H,18,25)(H,19,22)(H,23,24)/t10-,11-,12?/m1/s1. The minimum Gasteiger partial charge on any atom is -0.480 e. The SMILES string of the molecule is CC(C)CC(N)C(=O)NC[C@H](O)C[C@@H](N)CC(=O)NN(C)CC(=O)O. The Kier molecular flexibility index (Phi) is 10.9. The monoisotopic (exact) mass is 361 g/mol. The molecule has 0 aromatic heterocycles. The van der Waals surface area contributed by atoms with E-state index < -0.39 is 30.1 Å². The first-order valence-corrected chi connectivity index (χ1v) is 8.20. The Morgan fingerprint density at radius 2 is 1.76 bits per heavy atom. The molecule has 0 aliphatic rings. The number of nitrogens with zero attached hydrogens (tertiary/aromatic N) is 1. The summed E-state index contributed by atoms with van der Waals surface area (Å²) < 4.78 is 0. The molecule has 0 saturated carbocycles. The van der Waals surface area contributed by atoms with Crippen LogP contribution in [0.5, 0.6) is 0 Å². The molecule has 0 spiro atoms. The van der Waals surface area contributed by atoms with Crippen molar-refractivity contribution >= 4 is 17.8 Å². The molecule has 10 heteroatoms. The molecule has 1 unspecified atom stereocenters. The third kappa shape index (κ3) is 12.3. The molecule has 0 heterocycles. The summed E-state index contributed by atoms with van der Waals surface area (Å²) >= 11 is 0. The number of nitrogens with two attached hydrogens (primary N) is 2. The van der Waals surface area contributed by atoms with Gasteiger partial charge < -0.3 is 27.0 Å². The zero-order valence-electron chi connectivity index (χ0n) is 15.1. The van der Waals surface area contributed by atoms with Crippen molar-refractivity contribution in [1.82, 2.24) is 15.8 Å². The van der Waals surface area contributed by atoms with Crippen LogP contribution in [0, 0.1) is 5.92 Å². The van der Waals surface area contributed by atoms with Gasteiger partial charge in [0.1, 0.15) is 6.54 Å². The molecule has 8 N–H and O–H groups in total. The largest absolute Gasteiger partial charge is 0.480 e. The second kappa shape index (κ2) is 11.7. The van der Waals surface area contributed by atoms with Crippen molar-refractivity contribution in [2.75, 3.05) is 20.1 Å². The first-order chi connectivity index (χ1) is 11.5. The number of hydrazine groups is 1. The van der Waals surface area contributed by atoms with Crippen LogP contribution in [-0.4, -0.2) is 71.3 Å². The lowest BCUT2D eigenvalue weighted by atomic mass is 10.0. The van der Waals surface area contributed by atoms with Crippen molar-refractivity contribution in [2.45, 2.75) is 51.3 Å². The van der Waals surface area contributed by atoms with Crippen LogP contribution in [-0.2, 0) is 14.4 Å². The molecule has 10 nitrogen and oxygen atoms in total. The van der Waals surface area contributed by atoms with Gasteiger partial charge in [-0.2, -0.15) is 0 Å². The van der Waals surface area contributed by atoms with Gasteiger partial charge in [-0.15, -0.1) is 0 Å². The van der Waals surface area contributed by atoms with Crippen LogP contribution >= 0.6 is 0 Å². The van der Waals surface area contributed by atoms with E-state index in [1.807, 2.05) is 13.8 Å². The van der Waals surface area contributed by atoms with E-state index in [2.05, 4.69) is 10.7 Å². The maximum Gasteiger partial charge on any atom is 0.319 e. The van der Waals surface area contributed by atoms with Gasteiger partial charge in [0, 0.05) is 26.1 Å². The quantitative estimate of drug-likeness (QED) is 0.216. The maximum atomic E-state index is 11.8. The Bertz CT molecular complexity index is 446. The zero-order chi connectivity index (χ0) is 19.6. The Labute approximate surface area is 147 Å². The second-order valence-corrected chi connectivity index (χ2v) is 6.62. The number of carbonyl (C=O) groups excluding carboxylic acids is 2. The predicted molar refractivity (Wildman–Crippen MR) is 92.1 cm³/mol. The average molecular weight is 361 g/mol. The minimum absolute atomic E-state index is 0.00113. The predicted octanol–water partition coefficient (Wildman–Crippen LogP) is -2.01. The third-order valence-electron chi connectivity index (χ3n) is 3.28. The number of rotatable bonds is 12. The van der Waals surface area contributed by atoms with Crippen molar-refractivity contribution < 1.29 is 24.6 Å². The number of hydrogen-bond donors (Lipinski definition) is 6. The first-order valence-electron chi connectivity index (χ1n) is 8.20. The number of hydrogen-bond acceptors (Lipinski definition) is 7. The molecule has 0 aromatic carbocycles. The lowest BCUT2D eigenvalue weighted by molar-refractivity contribution is -0.139. The van der Waals surface area contributed by atoms with E-state index in [4.69, 9.17) is 16.6 Å². The van der Waals surface area contributed by atoms with Gasteiger partial charge in [0.15, 0.2) is 0 Å². The number of aliphatic carboxylic acids is 1. The molecule has 2 amide bonds. The lowest BCUT2D eigenvalue weighted by Crippen LogP contribution is -2.46. The van der Waals surface area contributed by atoms with Crippen LogP contribution in [0.3, 0.4) is 0 Å². The van der Waals surface area contributed by atoms with E-state index >= 15 is 0 Å². The molecule has 0 aliphatic carbocycles. The zero-order valence-corrected chi connectivity index (χ0v) is 15.1. The van der Waals surface area contributed by atoms with E-state index in [1.165, 1.54) is 7.05 Å². The molecule has 0 aromatic rings. The summed E-state index contributed by atoms with van der Waals surface area (Å²) in [6, 6.07) is -1.26. The molecular formula is C15H31N5O5. The summed E-state index contributed by atoms with van der Waals surface area (Å²) in [4.78, 5) is 33.9. The Balaban J connectivity index is 4.08. The second-order valence-electron chi connectivity index (χ2n) is 6.62. The van der Waals surface area contributed by atoms with E-state index in [-0.39, 0.29) is 37.8 Å². The van der Waals surface area contributed by atoms with Gasteiger partial charge in [0.05, 0.1) is 12.1 Å². The highest BCUT2D eigenvalue weighted by atomic mass is 16.4. The normalized spacial score (nSPS) is 14.9. The van der Waals surface area contributed by atoms with Crippen molar-refractivity contribution in [2.24, 2.45) is 17.4 Å². The number of likely N-dealkylation sites (N-methyl/N-ethyl adjacent to an activating group) is 1. The summed E-state index contributed by atoms with van der Waals surface area (Å²) in [6.07, 6.45) is -0.335. The van der Waals surface area contributed by atoms with Gasteiger partial charge in [0.25, 0.3) is 0 Å². The number of carbonyl (C=O) groups is 3. The topological polar surface area (TPSA) is 171 Å². The Hall–Kier alpha value is -1.75. The highest BCUT2D eigenvalue weighted by Gasteiger charge is 2.19. The van der Waals surface area contributed by atoms with Gasteiger partial charge in [-0.1, -0.05) is 13.8 Å². The van der Waals surface area contributed by atoms with E-state index in [0.717, 1.165) is 5.01 Å². The molecule has 0 rings (SSSR count). The summed E-state index contributed by atoms with van der Waals surface area (Å²) in [6.45, 7) is 3.57. The van der Waals surface area contributed by atoms with Crippen molar-refractivity contribution in [3.8, 4) is 0 Å². The first kappa shape index (κ1) is 23.2. The highest BCUT2D eigenvalue weighted by Crippen LogP contribution is 2.03. The van der Waals surface area contributed by atoms with Crippen molar-refractivity contribution in [1.29, 1.82) is 0 Å². The number of carboxylic acid groups (broad SMARTS) is 1. The van der Waals surface area contributed by atoms with Crippen molar-refractivity contribution in [3.05, 3.63) is 0 Å². The van der Waals surface area contributed by atoms with Crippen LogP contribution in [0.15, 0.2) is 0 Å². The summed E-state index contributed by atoms with van der Waals surface area (Å²) in [5, 5.41) is 22.2. The van der Waals surface area contributed by atoms with E-state index in [1.54, 1.807) is 0 Å². The van der Waals surface area contributed by atoms with Crippen LogP contribution < -0.4 is 22.2 Å². The number of aliphatic hydroxyl groups is 1. The minimum atomic E-state index is -1.08. The summed E-state index contributed by atoms with van der Waals surface area (Å²) in [5.41, 5.74) is 13.9. The molecule has 0 fully saturated rings. The fourth-order valence-electron chi connectivity index (χ4n) is 2.22. The van der Waals surface area contributed by atoms with Gasteiger partial charge in [-0.25, -0.2) is 5.01 Å². The third-order valence-corrected chi connectivity index (χ3v) is 3.28. The number of aliphatic hydroxyl groups excluding tert-OH is 1. The fraction of sp³-hybridized carbons (Fsp3) is 0.800. The Morgan fingerprint density at radius 3 is 2.28 bits per heavy atom. The molecule has 0 saturated heterocycles. The fourth-order valence-corrected chi connectivity index (χ4v) is 2.22. The average Bonchev–Trinajstić information content (AvgIpc) is 2.42. The number of amides is 2. The summed E-state index contributed by atoms with van der Waals surface area (Å²) in [5.74, 6) is -1.58. The maximum absolute atomic E-state index is 11.8. The van der Waals surface area contributed by atoms with Gasteiger partial charge >= 0.3 is 5.97 Å². The van der Waals surface area contributed by atoms with E-state index in [9.17, 15) is 19.5 Å². The van der Waals surface area contributed by atoms with Crippen LogP contribution in [0.2, 0.25) is 0 Å². The number of nitrogens with one attached hydrogen (secondary N) is 2. The van der Waals surface area contributed by atoms with Crippen LogP contribution in [0.25, 0.3) is 0 Å². The van der Waals surface area contributed by atoms with E-state index in [0.29, 0.717) is 6.42 Å². The smallest absolute Gasteiger partial charge is 0.319 e. The molecule has 25 heavy (non-hydrogen) atoms. The molecule has 0 aliphatic heterocycles. The molecule has 0 radical (unpaired) electrons. The van der Waals surface area contributed by atoms with Gasteiger partial charge in [0.2, 0.25) is 11.8 Å².